The van der Waals surface area contributed by atoms with Gasteiger partial charge in [0.15, 0.2) is 0 Å². The van der Waals surface area contributed by atoms with Crippen LogP contribution in [0.25, 0.3) is 10.9 Å². The Labute approximate surface area is 116 Å². The van der Waals surface area contributed by atoms with E-state index in [1.807, 2.05) is 35.6 Å². The molecular weight excluding hydrogens is 254 g/mol. The Hall–Kier alpha value is -1.87. The van der Waals surface area contributed by atoms with Gasteiger partial charge in [0.25, 0.3) is 0 Å². The zero-order valence-corrected chi connectivity index (χ0v) is 11.6. The van der Waals surface area contributed by atoms with E-state index in [1.54, 1.807) is 6.20 Å². The number of hydrogen-bond donors (Lipinski definition) is 0. The Morgan fingerprint density at radius 3 is 2.79 bits per heavy atom. The molecule has 0 saturated carbocycles. The Morgan fingerprint density at radius 1 is 1.11 bits per heavy atom. The Kier molecular flexibility index (Phi) is 3.47. The lowest BCUT2D eigenvalue weighted by Crippen LogP contribution is -1.93. The maximum atomic E-state index is 5.81. The number of pyridine rings is 1. The summed E-state index contributed by atoms with van der Waals surface area (Å²) in [7, 11) is 0. The van der Waals surface area contributed by atoms with Crippen molar-refractivity contribution < 1.29 is 4.74 Å². The van der Waals surface area contributed by atoms with E-state index < -0.39 is 0 Å². The van der Waals surface area contributed by atoms with E-state index in [9.17, 15) is 0 Å². The van der Waals surface area contributed by atoms with Gasteiger partial charge in [0.05, 0.1) is 11.7 Å². The summed E-state index contributed by atoms with van der Waals surface area (Å²) >= 11 is 1.81. The predicted molar refractivity (Wildman–Crippen MR) is 79.8 cm³/mol. The van der Waals surface area contributed by atoms with Gasteiger partial charge in [-0.3, -0.25) is 4.98 Å². The van der Waals surface area contributed by atoms with E-state index >= 15 is 0 Å². The lowest BCUT2D eigenvalue weighted by Gasteiger charge is -2.05. The van der Waals surface area contributed by atoms with Gasteiger partial charge in [-0.15, -0.1) is 11.3 Å². The SMILES string of the molecule is CCc1ccc(COc2cnc3ccccc3c2)s1. The van der Waals surface area contributed by atoms with Gasteiger partial charge in [0.2, 0.25) is 0 Å². The first-order valence-corrected chi connectivity index (χ1v) is 7.22. The van der Waals surface area contributed by atoms with E-state index in [0.717, 1.165) is 23.1 Å². The second-order valence-corrected chi connectivity index (χ2v) is 5.63. The number of benzene rings is 1. The number of aryl methyl sites for hydroxylation is 1. The highest BCUT2D eigenvalue weighted by atomic mass is 32.1. The number of hydrogen-bond acceptors (Lipinski definition) is 3. The maximum absolute atomic E-state index is 5.81. The molecule has 0 atom stereocenters. The van der Waals surface area contributed by atoms with Crippen molar-refractivity contribution in [2.75, 3.05) is 0 Å². The Morgan fingerprint density at radius 2 is 1.95 bits per heavy atom. The smallest absolute Gasteiger partial charge is 0.138 e. The lowest BCUT2D eigenvalue weighted by molar-refractivity contribution is 0.309. The summed E-state index contributed by atoms with van der Waals surface area (Å²) in [6.45, 7) is 2.79. The van der Waals surface area contributed by atoms with Gasteiger partial charge in [-0.25, -0.2) is 0 Å². The third kappa shape index (κ3) is 2.76. The molecule has 0 aliphatic heterocycles. The van der Waals surface area contributed by atoms with Gasteiger partial charge < -0.3 is 4.74 Å². The predicted octanol–water partition coefficient (Wildman–Crippen LogP) is 4.44. The summed E-state index contributed by atoms with van der Waals surface area (Å²) < 4.78 is 5.81. The first-order chi connectivity index (χ1) is 9.35. The van der Waals surface area contributed by atoms with Gasteiger partial charge in [-0.2, -0.15) is 0 Å². The third-order valence-corrected chi connectivity index (χ3v) is 4.22. The monoisotopic (exact) mass is 269 g/mol. The average molecular weight is 269 g/mol. The van der Waals surface area contributed by atoms with Crippen LogP contribution in [-0.2, 0) is 13.0 Å². The molecule has 2 aromatic heterocycles. The van der Waals surface area contributed by atoms with Crippen molar-refractivity contribution in [3.8, 4) is 5.75 Å². The highest BCUT2D eigenvalue weighted by Crippen LogP contribution is 2.21. The molecule has 0 aliphatic carbocycles. The standard InChI is InChI=1S/C16H15NOS/c1-2-14-7-8-15(19-14)11-18-13-9-12-5-3-4-6-16(12)17-10-13/h3-10H,2,11H2,1H3. The summed E-state index contributed by atoms with van der Waals surface area (Å²) in [5, 5.41) is 1.11. The van der Waals surface area contributed by atoms with Crippen LogP contribution in [0.4, 0.5) is 0 Å². The molecule has 3 heteroatoms. The van der Waals surface area contributed by atoms with Gasteiger partial charge >= 0.3 is 0 Å². The van der Waals surface area contributed by atoms with Crippen molar-refractivity contribution in [3.63, 3.8) is 0 Å². The molecule has 2 nitrogen and oxygen atoms in total. The van der Waals surface area contributed by atoms with E-state index in [4.69, 9.17) is 4.74 Å². The minimum Gasteiger partial charge on any atom is -0.486 e. The molecule has 0 saturated heterocycles. The van der Waals surface area contributed by atoms with Crippen LogP contribution in [0.2, 0.25) is 0 Å². The fraction of sp³-hybridized carbons (Fsp3) is 0.188. The molecule has 96 valence electrons. The molecule has 0 unspecified atom stereocenters. The van der Waals surface area contributed by atoms with Gasteiger partial charge in [-0.05, 0) is 30.7 Å². The first kappa shape index (κ1) is 12.2. The van der Waals surface area contributed by atoms with Crippen molar-refractivity contribution in [2.45, 2.75) is 20.0 Å². The van der Waals surface area contributed by atoms with E-state index in [-0.39, 0.29) is 0 Å². The molecule has 0 aliphatic rings. The number of rotatable bonds is 4. The molecular formula is C16H15NOS. The zero-order valence-electron chi connectivity index (χ0n) is 10.8. The minimum atomic E-state index is 0.616. The summed E-state index contributed by atoms with van der Waals surface area (Å²) in [4.78, 5) is 7.05. The van der Waals surface area contributed by atoms with Crippen LogP contribution in [0, 0.1) is 0 Å². The van der Waals surface area contributed by atoms with Crippen molar-refractivity contribution in [2.24, 2.45) is 0 Å². The van der Waals surface area contributed by atoms with Crippen LogP contribution < -0.4 is 4.74 Å². The van der Waals surface area contributed by atoms with Crippen LogP contribution in [0.5, 0.6) is 5.75 Å². The van der Waals surface area contributed by atoms with Crippen LogP contribution in [-0.4, -0.2) is 4.98 Å². The van der Waals surface area contributed by atoms with Crippen molar-refractivity contribution in [3.05, 3.63) is 58.4 Å². The van der Waals surface area contributed by atoms with Crippen LogP contribution in [0.15, 0.2) is 48.7 Å². The molecule has 2 heterocycles. The normalized spacial score (nSPS) is 10.8. The molecule has 19 heavy (non-hydrogen) atoms. The molecule has 0 radical (unpaired) electrons. The average Bonchev–Trinajstić information content (AvgIpc) is 2.93. The summed E-state index contributed by atoms with van der Waals surface area (Å²) in [5.74, 6) is 0.824. The second-order valence-electron chi connectivity index (χ2n) is 4.37. The van der Waals surface area contributed by atoms with Crippen molar-refractivity contribution in [1.29, 1.82) is 0 Å². The van der Waals surface area contributed by atoms with Gasteiger partial charge in [-0.1, -0.05) is 25.1 Å². The fourth-order valence-corrected chi connectivity index (χ4v) is 2.85. The number of nitrogens with zero attached hydrogens (tertiary/aromatic N) is 1. The number of ether oxygens (including phenoxy) is 1. The third-order valence-electron chi connectivity index (χ3n) is 3.01. The molecule has 0 N–H and O–H groups in total. The van der Waals surface area contributed by atoms with E-state index in [2.05, 4.69) is 30.1 Å². The van der Waals surface area contributed by atoms with Crippen LogP contribution >= 0.6 is 11.3 Å². The Balaban J connectivity index is 1.74. The summed E-state index contributed by atoms with van der Waals surface area (Å²) in [5.41, 5.74) is 0.999. The first-order valence-electron chi connectivity index (χ1n) is 6.40. The fourth-order valence-electron chi connectivity index (χ4n) is 1.97. The van der Waals surface area contributed by atoms with Gasteiger partial charge in [0, 0.05) is 15.1 Å². The number of para-hydroxylation sites is 1. The lowest BCUT2D eigenvalue weighted by atomic mass is 10.2. The highest BCUT2D eigenvalue weighted by molar-refractivity contribution is 7.11. The molecule has 0 amide bonds. The molecule has 3 rings (SSSR count). The van der Waals surface area contributed by atoms with E-state index in [1.165, 1.54) is 9.75 Å². The zero-order chi connectivity index (χ0) is 13.1. The maximum Gasteiger partial charge on any atom is 0.138 e. The number of fused-ring (bicyclic) bond motifs is 1. The molecule has 0 bridgehead atoms. The second kappa shape index (κ2) is 5.41. The van der Waals surface area contributed by atoms with Gasteiger partial charge in [0.1, 0.15) is 12.4 Å². The summed E-state index contributed by atoms with van der Waals surface area (Å²) in [6.07, 6.45) is 2.87. The minimum absolute atomic E-state index is 0.616. The molecule has 0 spiro atoms. The van der Waals surface area contributed by atoms with Crippen LogP contribution in [0.3, 0.4) is 0 Å². The number of aromatic nitrogens is 1. The van der Waals surface area contributed by atoms with Crippen LogP contribution in [0.1, 0.15) is 16.7 Å². The topological polar surface area (TPSA) is 22.1 Å². The molecule has 1 aromatic carbocycles. The quantitative estimate of drug-likeness (QED) is 0.698. The van der Waals surface area contributed by atoms with Crippen molar-refractivity contribution >= 4 is 22.2 Å². The molecule has 0 fully saturated rings. The summed E-state index contributed by atoms with van der Waals surface area (Å²) in [6, 6.07) is 14.4. The van der Waals surface area contributed by atoms with E-state index in [0.29, 0.717) is 6.61 Å². The number of thiophene rings is 1. The highest BCUT2D eigenvalue weighted by Gasteiger charge is 2.01. The Bertz CT molecular complexity index is 690. The molecule has 3 aromatic rings. The largest absolute Gasteiger partial charge is 0.486 e. The van der Waals surface area contributed by atoms with Crippen molar-refractivity contribution in [1.82, 2.24) is 4.98 Å².